The second-order valence-electron chi connectivity index (χ2n) is 10.0. The molecule has 0 fully saturated rings. The zero-order valence-electron chi connectivity index (χ0n) is 19.5. The topological polar surface area (TPSA) is 0 Å². The molecule has 0 spiro atoms. The average molecular weight is 470 g/mol. The molecule has 0 aromatic heterocycles. The van der Waals surface area contributed by atoms with Gasteiger partial charge in [0.05, 0.1) is 0 Å². The zero-order valence-corrected chi connectivity index (χ0v) is 20.3. The standard InChI is InChI=1S/C34H19BS/c1-3-9-22-20(7-1)15-17-24-25-11-5-12-26-27-13-6-14-31-33(27)35(30(32(25)26)19-28(22)24)29-18-16-21-8-2-4-10-23(21)34(29)36-31/h1-19H. The van der Waals surface area contributed by atoms with Crippen LogP contribution in [0.15, 0.2) is 125 Å². The molecule has 0 amide bonds. The van der Waals surface area contributed by atoms with E-state index in [1.54, 1.807) is 0 Å². The third-order valence-corrected chi connectivity index (χ3v) is 9.54. The van der Waals surface area contributed by atoms with Gasteiger partial charge in [0, 0.05) is 9.79 Å². The molecule has 0 bridgehead atoms. The molecule has 2 heterocycles. The lowest BCUT2D eigenvalue weighted by molar-refractivity contribution is 1.46. The van der Waals surface area contributed by atoms with Crippen LogP contribution in [0, 0.1) is 0 Å². The Balaban J connectivity index is 1.50. The monoisotopic (exact) mass is 470 g/mol. The Kier molecular flexibility index (Phi) is 3.63. The first-order chi connectivity index (χ1) is 17.9. The van der Waals surface area contributed by atoms with Crippen molar-refractivity contribution in [1.82, 2.24) is 0 Å². The number of rotatable bonds is 0. The van der Waals surface area contributed by atoms with Crippen molar-refractivity contribution in [2.45, 2.75) is 9.79 Å². The molecule has 0 saturated carbocycles. The fraction of sp³-hybridized carbons (Fsp3) is 0. The molecule has 0 nitrogen and oxygen atoms in total. The summed E-state index contributed by atoms with van der Waals surface area (Å²) in [5, 5.41) is 10.8. The summed E-state index contributed by atoms with van der Waals surface area (Å²) in [6.45, 7) is 0.234. The molecule has 0 N–H and O–H groups in total. The van der Waals surface area contributed by atoms with E-state index in [1.807, 2.05) is 11.8 Å². The van der Waals surface area contributed by atoms with E-state index in [2.05, 4.69) is 115 Å². The van der Waals surface area contributed by atoms with Crippen molar-refractivity contribution in [1.29, 1.82) is 0 Å². The van der Waals surface area contributed by atoms with Crippen LogP contribution in [0.25, 0.3) is 54.2 Å². The van der Waals surface area contributed by atoms with E-state index >= 15 is 0 Å². The summed E-state index contributed by atoms with van der Waals surface area (Å²) < 4.78 is 0. The molecule has 7 aromatic carbocycles. The van der Waals surface area contributed by atoms with Gasteiger partial charge in [0.2, 0.25) is 6.71 Å². The molecule has 0 radical (unpaired) electrons. The van der Waals surface area contributed by atoms with Gasteiger partial charge in [-0.15, -0.1) is 0 Å². The van der Waals surface area contributed by atoms with Crippen LogP contribution in [-0.2, 0) is 0 Å². The van der Waals surface area contributed by atoms with Crippen molar-refractivity contribution in [3.05, 3.63) is 115 Å². The molecule has 36 heavy (non-hydrogen) atoms. The van der Waals surface area contributed by atoms with Gasteiger partial charge >= 0.3 is 0 Å². The summed E-state index contributed by atoms with van der Waals surface area (Å²) in [7, 11) is 0. The van der Waals surface area contributed by atoms with Crippen LogP contribution in [0.2, 0.25) is 0 Å². The maximum Gasteiger partial charge on any atom is 0.245 e. The Morgan fingerprint density at radius 2 is 1.19 bits per heavy atom. The molecule has 164 valence electrons. The van der Waals surface area contributed by atoms with Crippen LogP contribution in [-0.4, -0.2) is 6.71 Å². The number of hydrogen-bond donors (Lipinski definition) is 0. The lowest BCUT2D eigenvalue weighted by Gasteiger charge is -2.34. The summed E-state index contributed by atoms with van der Waals surface area (Å²) in [6, 6.07) is 43.3. The van der Waals surface area contributed by atoms with Crippen molar-refractivity contribution < 1.29 is 0 Å². The van der Waals surface area contributed by atoms with E-state index in [9.17, 15) is 0 Å². The van der Waals surface area contributed by atoms with Crippen molar-refractivity contribution in [3.8, 4) is 11.1 Å². The molecule has 2 aliphatic rings. The van der Waals surface area contributed by atoms with E-state index in [0.29, 0.717) is 0 Å². The third-order valence-electron chi connectivity index (χ3n) is 8.30. The van der Waals surface area contributed by atoms with Crippen molar-refractivity contribution in [2.75, 3.05) is 0 Å². The second-order valence-corrected chi connectivity index (χ2v) is 11.1. The second kappa shape index (κ2) is 6.81. The van der Waals surface area contributed by atoms with Crippen LogP contribution in [0.1, 0.15) is 0 Å². The van der Waals surface area contributed by atoms with Gasteiger partial charge in [-0.3, -0.25) is 0 Å². The van der Waals surface area contributed by atoms with E-state index in [4.69, 9.17) is 0 Å². The quantitative estimate of drug-likeness (QED) is 0.166. The largest absolute Gasteiger partial charge is 0.245 e. The number of benzene rings is 7. The maximum absolute atomic E-state index is 2.52. The van der Waals surface area contributed by atoms with Gasteiger partial charge in [-0.25, -0.2) is 0 Å². The average Bonchev–Trinajstić information content (AvgIpc) is 2.94. The van der Waals surface area contributed by atoms with Crippen molar-refractivity contribution in [3.63, 3.8) is 0 Å². The predicted molar refractivity (Wildman–Crippen MR) is 157 cm³/mol. The van der Waals surface area contributed by atoms with E-state index in [0.717, 1.165) is 0 Å². The van der Waals surface area contributed by atoms with Gasteiger partial charge in [-0.05, 0) is 65.7 Å². The molecule has 7 aromatic rings. The van der Waals surface area contributed by atoms with Crippen LogP contribution in [0.4, 0.5) is 0 Å². The molecular formula is C34H19BS. The fourth-order valence-corrected chi connectivity index (χ4v) is 8.11. The van der Waals surface area contributed by atoms with Gasteiger partial charge in [0.15, 0.2) is 0 Å². The van der Waals surface area contributed by atoms with E-state index in [1.165, 1.54) is 80.4 Å². The molecule has 2 aliphatic heterocycles. The highest BCUT2D eigenvalue weighted by atomic mass is 32.2. The van der Waals surface area contributed by atoms with Gasteiger partial charge in [-0.2, -0.15) is 0 Å². The fourth-order valence-electron chi connectivity index (χ4n) is 6.81. The summed E-state index contributed by atoms with van der Waals surface area (Å²) in [5.74, 6) is 0. The lowest BCUT2D eigenvalue weighted by atomic mass is 9.33. The normalized spacial score (nSPS) is 13.4. The zero-order chi connectivity index (χ0) is 23.4. The highest BCUT2D eigenvalue weighted by Crippen LogP contribution is 2.42. The third kappa shape index (κ3) is 2.33. The van der Waals surface area contributed by atoms with Gasteiger partial charge < -0.3 is 0 Å². The lowest BCUT2D eigenvalue weighted by Crippen LogP contribution is -2.57. The minimum Gasteiger partial charge on any atom is -0.0905 e. The Bertz CT molecular complexity index is 2090. The smallest absolute Gasteiger partial charge is 0.0905 e. The summed E-state index contributed by atoms with van der Waals surface area (Å²) in [4.78, 5) is 2.80. The van der Waals surface area contributed by atoms with Crippen LogP contribution >= 0.6 is 11.8 Å². The summed E-state index contributed by atoms with van der Waals surface area (Å²) >= 11 is 1.95. The molecule has 9 rings (SSSR count). The van der Waals surface area contributed by atoms with E-state index in [-0.39, 0.29) is 6.71 Å². The van der Waals surface area contributed by atoms with Crippen LogP contribution < -0.4 is 16.4 Å². The minimum atomic E-state index is 0.234. The number of fused-ring (bicyclic) bond motifs is 10. The van der Waals surface area contributed by atoms with Gasteiger partial charge in [-0.1, -0.05) is 132 Å². The Morgan fingerprint density at radius 1 is 0.472 bits per heavy atom. The van der Waals surface area contributed by atoms with Crippen LogP contribution in [0.5, 0.6) is 0 Å². The molecule has 0 atom stereocenters. The Morgan fingerprint density at radius 3 is 2.11 bits per heavy atom. The minimum absolute atomic E-state index is 0.234. The van der Waals surface area contributed by atoms with Crippen molar-refractivity contribution in [2.24, 2.45) is 0 Å². The molecule has 0 aliphatic carbocycles. The predicted octanol–water partition coefficient (Wildman–Crippen LogP) is 7.26. The van der Waals surface area contributed by atoms with Crippen molar-refractivity contribution >= 4 is 78.0 Å². The molecule has 0 saturated heterocycles. The van der Waals surface area contributed by atoms with E-state index < -0.39 is 0 Å². The SMILES string of the molecule is c1cc2c3c(c1)-c1cccc4c1c(cc1c5ccccc5ccc41)B3c1ccc3ccccc3c1S2. The van der Waals surface area contributed by atoms with Gasteiger partial charge in [0.25, 0.3) is 0 Å². The number of hydrogen-bond acceptors (Lipinski definition) is 1. The molecular weight excluding hydrogens is 451 g/mol. The first kappa shape index (κ1) is 19.2. The highest BCUT2D eigenvalue weighted by molar-refractivity contribution is 8.00. The Labute approximate surface area is 213 Å². The molecule has 0 unspecified atom stereocenters. The van der Waals surface area contributed by atoms with Crippen LogP contribution in [0.3, 0.4) is 0 Å². The first-order valence-corrected chi connectivity index (χ1v) is 13.4. The molecule has 2 heteroatoms. The maximum atomic E-state index is 2.52. The highest BCUT2D eigenvalue weighted by Gasteiger charge is 2.38. The first-order valence-electron chi connectivity index (χ1n) is 12.6. The Hall–Kier alpha value is -4.01. The summed E-state index contributed by atoms with van der Waals surface area (Å²) in [5.41, 5.74) is 7.12. The summed E-state index contributed by atoms with van der Waals surface area (Å²) in [6.07, 6.45) is 0. The van der Waals surface area contributed by atoms with Gasteiger partial charge in [0.1, 0.15) is 0 Å².